The van der Waals surface area contributed by atoms with Crippen LogP contribution in [0.15, 0.2) is 35.2 Å². The minimum absolute atomic E-state index is 0.482. The third-order valence-corrected chi connectivity index (χ3v) is 1.60. The second-order valence-corrected chi connectivity index (χ2v) is 2.62. The average Bonchev–Trinajstić information content (AvgIpc) is 1.88. The predicted molar refractivity (Wildman–Crippen MR) is 37.8 cm³/mol. The van der Waals surface area contributed by atoms with Crippen LogP contribution in [0.4, 0.5) is 8.78 Å². The van der Waals surface area contributed by atoms with Gasteiger partial charge in [0, 0.05) is 4.90 Å². The van der Waals surface area contributed by atoms with E-state index in [1.165, 1.54) is 0 Å². The summed E-state index contributed by atoms with van der Waals surface area (Å²) in [5.41, 5.74) is 0. The standard InChI is InChI=1S/C7H5F2S/c8-7(9)10-6-4-2-1-3-5-6/h1-5H. The zero-order valence-electron chi connectivity index (χ0n) is 5.05. The molecule has 0 unspecified atom stereocenters. The monoisotopic (exact) mass is 159 g/mol. The van der Waals surface area contributed by atoms with Crippen molar-refractivity contribution < 1.29 is 8.78 Å². The summed E-state index contributed by atoms with van der Waals surface area (Å²) in [5.74, 6) is -1.62. The first-order valence-electron chi connectivity index (χ1n) is 2.70. The fraction of sp³-hybridized carbons (Fsp3) is 0. The van der Waals surface area contributed by atoms with E-state index in [1.807, 2.05) is 0 Å². The second-order valence-electron chi connectivity index (χ2n) is 1.64. The highest BCUT2D eigenvalue weighted by atomic mass is 32.2. The Hall–Kier alpha value is -0.570. The quantitative estimate of drug-likeness (QED) is 0.597. The average molecular weight is 159 g/mol. The van der Waals surface area contributed by atoms with Crippen molar-refractivity contribution in [2.24, 2.45) is 0 Å². The maximum Gasteiger partial charge on any atom is 0.370 e. The van der Waals surface area contributed by atoms with Crippen molar-refractivity contribution >= 4 is 11.8 Å². The third-order valence-electron chi connectivity index (χ3n) is 0.938. The molecule has 0 N–H and O–H groups in total. The zero-order chi connectivity index (χ0) is 7.40. The van der Waals surface area contributed by atoms with Gasteiger partial charge in [-0.25, -0.2) is 0 Å². The molecule has 0 fully saturated rings. The lowest BCUT2D eigenvalue weighted by Crippen LogP contribution is -1.70. The predicted octanol–water partition coefficient (Wildman–Crippen LogP) is 3.16. The van der Waals surface area contributed by atoms with Crippen LogP contribution in [0.2, 0.25) is 0 Å². The Balaban J connectivity index is 2.59. The number of rotatable bonds is 2. The number of hydrogen-bond acceptors (Lipinski definition) is 1. The molecule has 0 atom stereocenters. The fourth-order valence-electron chi connectivity index (χ4n) is 0.578. The maximum absolute atomic E-state index is 11.6. The van der Waals surface area contributed by atoms with Crippen LogP contribution in [0, 0.1) is 5.76 Å². The summed E-state index contributed by atoms with van der Waals surface area (Å²) in [6.45, 7) is 0. The molecular weight excluding hydrogens is 154 g/mol. The summed E-state index contributed by atoms with van der Waals surface area (Å²) >= 11 is 0.482. The van der Waals surface area contributed by atoms with Gasteiger partial charge in [0.15, 0.2) is 0 Å². The van der Waals surface area contributed by atoms with E-state index in [9.17, 15) is 8.78 Å². The van der Waals surface area contributed by atoms with Crippen LogP contribution >= 0.6 is 11.8 Å². The summed E-state index contributed by atoms with van der Waals surface area (Å²) in [7, 11) is 0. The molecule has 1 rings (SSSR count). The molecule has 3 heteroatoms. The van der Waals surface area contributed by atoms with Gasteiger partial charge < -0.3 is 0 Å². The molecule has 0 amide bonds. The van der Waals surface area contributed by atoms with Gasteiger partial charge in [-0.2, -0.15) is 8.78 Å². The van der Waals surface area contributed by atoms with Gasteiger partial charge in [0.2, 0.25) is 0 Å². The molecule has 0 aliphatic heterocycles. The number of thioether (sulfide) groups is 1. The Kier molecular flexibility index (Phi) is 2.68. The largest absolute Gasteiger partial charge is 0.370 e. The second kappa shape index (κ2) is 3.56. The Labute approximate surface area is 62.3 Å². The molecule has 0 bridgehead atoms. The highest BCUT2D eigenvalue weighted by Crippen LogP contribution is 2.29. The van der Waals surface area contributed by atoms with Crippen molar-refractivity contribution in [1.82, 2.24) is 0 Å². The van der Waals surface area contributed by atoms with Crippen LogP contribution in [-0.2, 0) is 0 Å². The first kappa shape index (κ1) is 7.54. The van der Waals surface area contributed by atoms with E-state index in [0.29, 0.717) is 16.7 Å². The molecule has 0 aliphatic rings. The Morgan fingerprint density at radius 2 is 1.70 bits per heavy atom. The van der Waals surface area contributed by atoms with Gasteiger partial charge in [0.05, 0.1) is 0 Å². The van der Waals surface area contributed by atoms with E-state index in [-0.39, 0.29) is 0 Å². The summed E-state index contributed by atoms with van der Waals surface area (Å²) in [5, 5.41) is 0. The van der Waals surface area contributed by atoms with Crippen molar-refractivity contribution in [2.45, 2.75) is 4.90 Å². The molecule has 1 radical (unpaired) electrons. The normalized spacial score (nSPS) is 10.3. The van der Waals surface area contributed by atoms with E-state index in [0.717, 1.165) is 0 Å². The molecule has 0 saturated heterocycles. The summed E-state index contributed by atoms with van der Waals surface area (Å²) in [4.78, 5) is 0.572. The van der Waals surface area contributed by atoms with E-state index in [1.54, 1.807) is 30.3 Å². The highest BCUT2D eigenvalue weighted by molar-refractivity contribution is 8.01. The maximum atomic E-state index is 11.6. The summed E-state index contributed by atoms with van der Waals surface area (Å²) < 4.78 is 23.2. The van der Waals surface area contributed by atoms with E-state index in [2.05, 4.69) is 0 Å². The molecule has 0 nitrogen and oxygen atoms in total. The zero-order valence-corrected chi connectivity index (χ0v) is 5.87. The molecule has 0 aliphatic carbocycles. The number of halogens is 2. The van der Waals surface area contributed by atoms with Crippen LogP contribution < -0.4 is 0 Å². The number of benzene rings is 1. The molecular formula is C7H5F2S. The van der Waals surface area contributed by atoms with Crippen LogP contribution in [0.3, 0.4) is 0 Å². The van der Waals surface area contributed by atoms with Gasteiger partial charge >= 0.3 is 5.76 Å². The minimum atomic E-state index is -1.62. The summed E-state index contributed by atoms with van der Waals surface area (Å²) in [6, 6.07) is 8.53. The fourth-order valence-corrected chi connectivity index (χ4v) is 1.05. The van der Waals surface area contributed by atoms with Crippen molar-refractivity contribution in [1.29, 1.82) is 0 Å². The lowest BCUT2D eigenvalue weighted by atomic mass is 10.4. The molecule has 0 spiro atoms. The van der Waals surface area contributed by atoms with Gasteiger partial charge in [0.1, 0.15) is 0 Å². The molecule has 0 aromatic heterocycles. The van der Waals surface area contributed by atoms with E-state index < -0.39 is 5.76 Å². The lowest BCUT2D eigenvalue weighted by molar-refractivity contribution is 0.374. The molecule has 53 valence electrons. The van der Waals surface area contributed by atoms with Crippen LogP contribution in [0.25, 0.3) is 0 Å². The first-order chi connectivity index (χ1) is 4.79. The van der Waals surface area contributed by atoms with Crippen LogP contribution in [-0.4, -0.2) is 0 Å². The van der Waals surface area contributed by atoms with Crippen molar-refractivity contribution in [3.05, 3.63) is 36.1 Å². The first-order valence-corrected chi connectivity index (χ1v) is 3.51. The molecule has 1 aromatic carbocycles. The van der Waals surface area contributed by atoms with E-state index in [4.69, 9.17) is 0 Å². The Morgan fingerprint density at radius 1 is 1.10 bits per heavy atom. The molecule has 10 heavy (non-hydrogen) atoms. The highest BCUT2D eigenvalue weighted by Gasteiger charge is 2.05. The van der Waals surface area contributed by atoms with Crippen molar-refractivity contribution in [3.8, 4) is 0 Å². The van der Waals surface area contributed by atoms with Gasteiger partial charge in [-0.15, -0.1) is 0 Å². The van der Waals surface area contributed by atoms with Gasteiger partial charge in [-0.1, -0.05) is 18.2 Å². The molecule has 0 saturated carbocycles. The molecule has 1 aromatic rings. The minimum Gasteiger partial charge on any atom is -0.186 e. The van der Waals surface area contributed by atoms with Crippen molar-refractivity contribution in [2.75, 3.05) is 0 Å². The van der Waals surface area contributed by atoms with Crippen LogP contribution in [0.1, 0.15) is 0 Å². The van der Waals surface area contributed by atoms with Gasteiger partial charge in [0.25, 0.3) is 0 Å². The van der Waals surface area contributed by atoms with E-state index >= 15 is 0 Å². The SMILES string of the molecule is F[C](F)Sc1ccccc1. The number of hydrogen-bond donors (Lipinski definition) is 0. The lowest BCUT2D eigenvalue weighted by Gasteiger charge is -1.94. The van der Waals surface area contributed by atoms with Gasteiger partial charge in [-0.3, -0.25) is 0 Å². The van der Waals surface area contributed by atoms with Crippen molar-refractivity contribution in [3.63, 3.8) is 0 Å². The van der Waals surface area contributed by atoms with Crippen LogP contribution in [0.5, 0.6) is 0 Å². The van der Waals surface area contributed by atoms with Gasteiger partial charge in [-0.05, 0) is 23.9 Å². The smallest absolute Gasteiger partial charge is 0.186 e. The Morgan fingerprint density at radius 3 is 2.20 bits per heavy atom. The molecule has 0 heterocycles. The summed E-state index contributed by atoms with van der Waals surface area (Å²) in [6.07, 6.45) is 0. The Bertz CT molecular complexity index is 186. The third kappa shape index (κ3) is 2.35. The topological polar surface area (TPSA) is 0 Å².